The molecule has 9 heteroatoms. The van der Waals surface area contributed by atoms with Crippen molar-refractivity contribution in [2.75, 3.05) is 25.1 Å². The number of aliphatic hydroxyl groups is 1. The monoisotopic (exact) mass is 571 g/mol. The molecule has 1 fully saturated rings. The van der Waals surface area contributed by atoms with Crippen molar-refractivity contribution >= 4 is 22.9 Å². The minimum Gasteiger partial charge on any atom is -0.388 e. The first-order chi connectivity index (χ1) is 20.3. The van der Waals surface area contributed by atoms with Crippen molar-refractivity contribution in [3.63, 3.8) is 0 Å². The number of amides is 1. The Morgan fingerprint density at radius 2 is 1.90 bits per heavy atom. The van der Waals surface area contributed by atoms with Gasteiger partial charge in [-0.3, -0.25) is 9.59 Å². The molecule has 1 aliphatic carbocycles. The number of aromatic nitrogens is 1. The summed E-state index contributed by atoms with van der Waals surface area (Å²) in [5.74, 6) is -3.33. The molecular formula is C33H31F2N3O4. The summed E-state index contributed by atoms with van der Waals surface area (Å²) in [5.41, 5.74) is 5.34. The Balaban J connectivity index is 1.22. The van der Waals surface area contributed by atoms with Gasteiger partial charge >= 0.3 is 0 Å². The van der Waals surface area contributed by atoms with Crippen LogP contribution in [0.4, 0.5) is 14.5 Å². The molecule has 4 aromatic rings. The summed E-state index contributed by atoms with van der Waals surface area (Å²) in [6.07, 6.45) is 6.46. The van der Waals surface area contributed by atoms with E-state index in [0.29, 0.717) is 26.2 Å². The Labute approximate surface area is 241 Å². The first-order valence-electron chi connectivity index (χ1n) is 14.0. The number of nitrogens with one attached hydrogen (secondary N) is 2. The molecule has 7 nitrogen and oxygen atoms in total. The zero-order valence-corrected chi connectivity index (χ0v) is 23.1. The van der Waals surface area contributed by atoms with E-state index in [1.54, 1.807) is 22.7 Å². The normalized spacial score (nSPS) is 18.2. The van der Waals surface area contributed by atoms with Crippen LogP contribution in [0.15, 0.2) is 66.9 Å². The number of anilines is 1. The number of halogens is 2. The zero-order chi connectivity index (χ0) is 29.4. The molecule has 2 aromatic heterocycles. The van der Waals surface area contributed by atoms with Crippen molar-refractivity contribution in [2.45, 2.75) is 38.3 Å². The Kier molecular flexibility index (Phi) is 7.72. The summed E-state index contributed by atoms with van der Waals surface area (Å²) in [6, 6.07) is 13.3. The Hall–Kier alpha value is -4.18. The molecule has 2 atom stereocenters. The number of carbonyl (C=O) groups excluding carboxylic acids is 2. The van der Waals surface area contributed by atoms with Gasteiger partial charge in [-0.25, -0.2) is 8.78 Å². The van der Waals surface area contributed by atoms with Crippen LogP contribution in [0.1, 0.15) is 51.7 Å². The number of pyridine rings is 1. The van der Waals surface area contributed by atoms with Gasteiger partial charge in [0, 0.05) is 42.6 Å². The molecule has 2 aromatic carbocycles. The highest BCUT2D eigenvalue weighted by Gasteiger charge is 2.25. The van der Waals surface area contributed by atoms with Crippen molar-refractivity contribution in [1.82, 2.24) is 9.72 Å². The predicted octanol–water partition coefficient (Wildman–Crippen LogP) is 5.28. The van der Waals surface area contributed by atoms with E-state index in [2.05, 4.69) is 10.6 Å². The fraction of sp³-hybridized carbons (Fsp3) is 0.273. The maximum Gasteiger partial charge on any atom is 0.248 e. The largest absolute Gasteiger partial charge is 0.388 e. The van der Waals surface area contributed by atoms with Crippen LogP contribution in [0.25, 0.3) is 16.6 Å². The highest BCUT2D eigenvalue weighted by atomic mass is 19.1. The van der Waals surface area contributed by atoms with Gasteiger partial charge in [-0.05, 0) is 78.8 Å². The lowest BCUT2D eigenvalue weighted by Crippen LogP contribution is -2.29. The van der Waals surface area contributed by atoms with E-state index in [1.807, 2.05) is 37.3 Å². The minimum absolute atomic E-state index is 0.172. The lowest BCUT2D eigenvalue weighted by molar-refractivity contribution is -0.112. The van der Waals surface area contributed by atoms with Crippen molar-refractivity contribution < 1.29 is 28.2 Å². The number of benzene rings is 2. The van der Waals surface area contributed by atoms with Crippen molar-refractivity contribution in [3.05, 3.63) is 106 Å². The zero-order valence-electron chi connectivity index (χ0n) is 23.1. The van der Waals surface area contributed by atoms with Crippen LogP contribution in [-0.4, -0.2) is 47.0 Å². The molecule has 3 N–H and O–H groups in total. The second-order valence-electron chi connectivity index (χ2n) is 10.8. The summed E-state index contributed by atoms with van der Waals surface area (Å²) in [6.45, 7) is 3.76. The van der Waals surface area contributed by atoms with Crippen molar-refractivity contribution in [3.8, 4) is 11.1 Å². The Morgan fingerprint density at radius 1 is 1.10 bits per heavy atom. The number of rotatable bonds is 8. The molecule has 0 saturated carbocycles. The summed E-state index contributed by atoms with van der Waals surface area (Å²) in [5, 5.41) is 15.7. The number of nitrogens with zero attached hydrogens (tertiary/aromatic N) is 1. The topological polar surface area (TPSA) is 92.1 Å². The number of aliphatic hydroxyl groups excluding tert-OH is 1. The smallest absolute Gasteiger partial charge is 0.248 e. The lowest BCUT2D eigenvalue weighted by Gasteiger charge is -2.14. The van der Waals surface area contributed by atoms with Gasteiger partial charge in [0.05, 0.1) is 23.9 Å². The van der Waals surface area contributed by atoms with E-state index >= 15 is 0 Å². The maximum atomic E-state index is 15.0. The molecule has 2 unspecified atom stereocenters. The first-order valence-corrected chi connectivity index (χ1v) is 14.0. The van der Waals surface area contributed by atoms with Gasteiger partial charge in [0.15, 0.2) is 0 Å². The van der Waals surface area contributed by atoms with Gasteiger partial charge < -0.3 is 24.9 Å². The summed E-state index contributed by atoms with van der Waals surface area (Å²) in [4.78, 5) is 25.7. The number of carbonyl (C=O) groups is 2. The lowest BCUT2D eigenvalue weighted by atomic mass is 9.93. The van der Waals surface area contributed by atoms with Crippen molar-refractivity contribution in [1.29, 1.82) is 0 Å². The molecule has 42 heavy (non-hydrogen) atoms. The molecule has 1 saturated heterocycles. The molecule has 1 aliphatic heterocycles. The number of ketones is 1. The number of hydrogen-bond acceptors (Lipinski definition) is 5. The summed E-state index contributed by atoms with van der Waals surface area (Å²) >= 11 is 0. The highest BCUT2D eigenvalue weighted by molar-refractivity contribution is 6.09. The van der Waals surface area contributed by atoms with Crippen LogP contribution >= 0.6 is 0 Å². The Bertz CT molecular complexity index is 1700. The van der Waals surface area contributed by atoms with E-state index < -0.39 is 35.1 Å². The van der Waals surface area contributed by atoms with Crippen molar-refractivity contribution in [2.24, 2.45) is 0 Å². The summed E-state index contributed by atoms with van der Waals surface area (Å²) < 4.78 is 36.9. The van der Waals surface area contributed by atoms with Crippen LogP contribution in [0.3, 0.4) is 0 Å². The SMILES string of the molecule is Cc1c(-c2cccn3c(C(=O)c4cc(F)c(NC(=O)/C=C/CNC5CCOC5)c(F)c4)ccc23)ccc2c1CCC2O. The van der Waals surface area contributed by atoms with Crippen LogP contribution in [-0.2, 0) is 16.0 Å². The molecule has 0 bridgehead atoms. The standard InChI is InChI=1S/C33H31F2N3O4/c1-19-22(6-7-25-23(19)8-11-30(25)39)24-4-3-14-38-28(24)9-10-29(38)33(41)20-16-26(34)32(27(35)17-20)37-31(40)5-2-13-36-21-12-15-42-18-21/h2-7,9-10,14,16-17,21,30,36,39H,8,11-13,15,18H2,1H3,(H,37,40)/b5-2+. The van der Waals surface area contributed by atoms with E-state index in [1.165, 1.54) is 6.08 Å². The van der Waals surface area contributed by atoms with Gasteiger partial charge in [0.1, 0.15) is 17.3 Å². The van der Waals surface area contributed by atoms with Gasteiger partial charge in [-0.2, -0.15) is 0 Å². The number of hydrogen-bond donors (Lipinski definition) is 3. The maximum absolute atomic E-state index is 15.0. The third kappa shape index (κ3) is 5.27. The fourth-order valence-electron chi connectivity index (χ4n) is 5.93. The van der Waals surface area contributed by atoms with E-state index in [9.17, 15) is 23.5 Å². The van der Waals surface area contributed by atoms with Gasteiger partial charge in [-0.15, -0.1) is 0 Å². The molecule has 0 radical (unpaired) electrons. The molecule has 6 rings (SSSR count). The predicted molar refractivity (Wildman–Crippen MR) is 156 cm³/mol. The van der Waals surface area contributed by atoms with Crippen LogP contribution in [0, 0.1) is 18.6 Å². The van der Waals surface area contributed by atoms with Crippen LogP contribution in [0.2, 0.25) is 0 Å². The fourth-order valence-corrected chi connectivity index (χ4v) is 5.93. The van der Waals surface area contributed by atoms with Gasteiger partial charge in [0.25, 0.3) is 0 Å². The van der Waals surface area contributed by atoms with Crippen LogP contribution < -0.4 is 10.6 Å². The minimum atomic E-state index is -1.04. The molecule has 2 aliphatic rings. The molecule has 1 amide bonds. The average Bonchev–Trinajstić information content (AvgIpc) is 3.74. The molecule has 216 valence electrons. The van der Waals surface area contributed by atoms with Crippen LogP contribution in [0.5, 0.6) is 0 Å². The number of ether oxygens (including phenoxy) is 1. The first kappa shape index (κ1) is 28.0. The van der Waals surface area contributed by atoms with Gasteiger partial charge in [0.2, 0.25) is 11.7 Å². The third-order valence-corrected chi connectivity index (χ3v) is 8.15. The van der Waals surface area contributed by atoms with E-state index in [-0.39, 0.29) is 17.3 Å². The average molecular weight is 572 g/mol. The van der Waals surface area contributed by atoms with Gasteiger partial charge in [-0.1, -0.05) is 24.3 Å². The molecule has 0 spiro atoms. The quantitative estimate of drug-likeness (QED) is 0.198. The number of fused-ring (bicyclic) bond motifs is 2. The second kappa shape index (κ2) is 11.6. The second-order valence-corrected chi connectivity index (χ2v) is 10.8. The molecule has 3 heterocycles. The van der Waals surface area contributed by atoms with E-state index in [0.717, 1.165) is 58.3 Å². The summed E-state index contributed by atoms with van der Waals surface area (Å²) in [7, 11) is 0. The Morgan fingerprint density at radius 3 is 2.67 bits per heavy atom. The third-order valence-electron chi connectivity index (χ3n) is 8.15. The molecular weight excluding hydrogens is 540 g/mol. The highest BCUT2D eigenvalue weighted by Crippen LogP contribution is 2.39. The van der Waals surface area contributed by atoms with E-state index in [4.69, 9.17) is 4.74 Å².